The van der Waals surface area contributed by atoms with Crippen molar-refractivity contribution in [2.45, 2.75) is 51.0 Å². The van der Waals surface area contributed by atoms with Gasteiger partial charge in [0.2, 0.25) is 0 Å². The number of unbranched alkanes of at least 4 members (excludes halogenated alkanes) is 1. The van der Waals surface area contributed by atoms with Gasteiger partial charge in [-0.3, -0.25) is 0 Å². The van der Waals surface area contributed by atoms with Gasteiger partial charge in [0.15, 0.2) is 0 Å². The first kappa shape index (κ1) is 11.0. The second-order valence-electron chi connectivity index (χ2n) is 4.27. The van der Waals surface area contributed by atoms with Gasteiger partial charge in [-0.05, 0) is 51.6 Å². The molecule has 0 saturated heterocycles. The molecule has 1 aliphatic carbocycles. The summed E-state index contributed by atoms with van der Waals surface area (Å²) in [5.41, 5.74) is 0. The normalized spacial score (nSPS) is 29.1. The Hall–Kier alpha value is -0.0800. The molecule has 0 unspecified atom stereocenters. The van der Waals surface area contributed by atoms with Crippen LogP contribution in [0.5, 0.6) is 0 Å². The number of aliphatic hydroxyl groups is 1. The fourth-order valence-electron chi connectivity index (χ4n) is 2.17. The van der Waals surface area contributed by atoms with E-state index in [9.17, 15) is 5.11 Å². The molecule has 0 amide bonds. The van der Waals surface area contributed by atoms with Crippen molar-refractivity contribution in [3.63, 3.8) is 0 Å². The van der Waals surface area contributed by atoms with Gasteiger partial charge in [-0.25, -0.2) is 0 Å². The van der Waals surface area contributed by atoms with Gasteiger partial charge >= 0.3 is 0 Å². The first-order valence-corrected chi connectivity index (χ1v) is 5.65. The second kappa shape index (κ2) is 6.39. The van der Waals surface area contributed by atoms with E-state index < -0.39 is 0 Å². The van der Waals surface area contributed by atoms with Crippen LogP contribution in [0.1, 0.15) is 44.9 Å². The van der Waals surface area contributed by atoms with Crippen molar-refractivity contribution >= 4 is 0 Å². The average Bonchev–Trinajstić information content (AvgIpc) is 2.15. The first-order chi connectivity index (χ1) is 6.33. The third kappa shape index (κ3) is 4.63. The largest absolute Gasteiger partial charge is 0.393 e. The highest BCUT2D eigenvalue weighted by Gasteiger charge is 2.18. The van der Waals surface area contributed by atoms with Crippen LogP contribution in [0.25, 0.3) is 0 Å². The summed E-state index contributed by atoms with van der Waals surface area (Å²) >= 11 is 0. The number of hydrogen-bond acceptors (Lipinski definition) is 2. The zero-order valence-electron chi connectivity index (χ0n) is 8.76. The summed E-state index contributed by atoms with van der Waals surface area (Å²) in [4.78, 5) is 0. The van der Waals surface area contributed by atoms with Crippen LogP contribution in [0.4, 0.5) is 0 Å². The predicted molar refractivity (Wildman–Crippen MR) is 55.7 cm³/mol. The summed E-state index contributed by atoms with van der Waals surface area (Å²) in [6.45, 7) is 1.15. The number of rotatable bonds is 5. The van der Waals surface area contributed by atoms with Gasteiger partial charge < -0.3 is 10.4 Å². The maximum atomic E-state index is 9.33. The average molecular weight is 185 g/mol. The topological polar surface area (TPSA) is 32.3 Å². The molecule has 0 aromatic carbocycles. The first-order valence-electron chi connectivity index (χ1n) is 5.65. The Labute approximate surface area is 81.7 Å². The summed E-state index contributed by atoms with van der Waals surface area (Å²) in [6, 6.07) is 0. The third-order valence-electron chi connectivity index (χ3n) is 3.11. The quantitative estimate of drug-likeness (QED) is 0.641. The smallest absolute Gasteiger partial charge is 0.0540 e. The van der Waals surface area contributed by atoms with Crippen LogP contribution >= 0.6 is 0 Å². The zero-order chi connectivity index (χ0) is 9.52. The Morgan fingerprint density at radius 3 is 2.46 bits per heavy atom. The lowest BCUT2D eigenvalue weighted by Crippen LogP contribution is -2.18. The zero-order valence-corrected chi connectivity index (χ0v) is 8.76. The van der Waals surface area contributed by atoms with E-state index in [1.165, 1.54) is 32.1 Å². The number of hydrogen-bond donors (Lipinski definition) is 2. The molecule has 78 valence electrons. The van der Waals surface area contributed by atoms with Crippen LogP contribution in [0.15, 0.2) is 0 Å². The monoisotopic (exact) mass is 185 g/mol. The Balaban J connectivity index is 1.96. The molecule has 1 aliphatic rings. The fraction of sp³-hybridized carbons (Fsp3) is 1.00. The standard InChI is InChI=1S/C11H23NO/c1-12-9-3-2-4-10-5-7-11(13)8-6-10/h10-13H,2-9H2,1H3. The molecule has 0 atom stereocenters. The molecular weight excluding hydrogens is 162 g/mol. The van der Waals surface area contributed by atoms with E-state index >= 15 is 0 Å². The Kier molecular flexibility index (Phi) is 5.40. The lowest BCUT2D eigenvalue weighted by molar-refractivity contribution is 0.106. The lowest BCUT2D eigenvalue weighted by atomic mass is 9.84. The minimum Gasteiger partial charge on any atom is -0.393 e. The molecule has 0 aromatic heterocycles. The summed E-state index contributed by atoms with van der Waals surface area (Å²) < 4.78 is 0. The Morgan fingerprint density at radius 1 is 1.15 bits per heavy atom. The van der Waals surface area contributed by atoms with Crippen LogP contribution in [0.3, 0.4) is 0 Å². The molecule has 0 aliphatic heterocycles. The van der Waals surface area contributed by atoms with Gasteiger partial charge in [-0.1, -0.05) is 12.8 Å². The van der Waals surface area contributed by atoms with Crippen molar-refractivity contribution in [1.29, 1.82) is 0 Å². The van der Waals surface area contributed by atoms with Crippen molar-refractivity contribution < 1.29 is 5.11 Å². The molecule has 13 heavy (non-hydrogen) atoms. The van der Waals surface area contributed by atoms with Gasteiger partial charge in [0.25, 0.3) is 0 Å². The van der Waals surface area contributed by atoms with Crippen LogP contribution in [0, 0.1) is 5.92 Å². The second-order valence-corrected chi connectivity index (χ2v) is 4.27. The lowest BCUT2D eigenvalue weighted by Gasteiger charge is -2.25. The minimum absolute atomic E-state index is 0.00792. The molecule has 0 spiro atoms. The summed E-state index contributed by atoms with van der Waals surface area (Å²) in [6.07, 6.45) is 8.61. The minimum atomic E-state index is 0.00792. The third-order valence-corrected chi connectivity index (χ3v) is 3.11. The Morgan fingerprint density at radius 2 is 1.85 bits per heavy atom. The highest BCUT2D eigenvalue weighted by Crippen LogP contribution is 2.27. The molecule has 0 radical (unpaired) electrons. The molecule has 1 rings (SSSR count). The van der Waals surface area contributed by atoms with E-state index in [1.54, 1.807) is 0 Å². The molecule has 1 fully saturated rings. The fourth-order valence-corrected chi connectivity index (χ4v) is 2.17. The van der Waals surface area contributed by atoms with Crippen LogP contribution in [-0.4, -0.2) is 24.8 Å². The van der Waals surface area contributed by atoms with Crippen LogP contribution < -0.4 is 5.32 Å². The van der Waals surface area contributed by atoms with Crippen molar-refractivity contribution in [2.75, 3.05) is 13.6 Å². The maximum Gasteiger partial charge on any atom is 0.0540 e. The molecular formula is C11H23NO. The van der Waals surface area contributed by atoms with Gasteiger partial charge in [-0.15, -0.1) is 0 Å². The highest BCUT2D eigenvalue weighted by atomic mass is 16.3. The molecule has 2 nitrogen and oxygen atoms in total. The van der Waals surface area contributed by atoms with Crippen LogP contribution in [-0.2, 0) is 0 Å². The van der Waals surface area contributed by atoms with E-state index in [1.807, 2.05) is 7.05 Å². The highest BCUT2D eigenvalue weighted by molar-refractivity contribution is 4.71. The van der Waals surface area contributed by atoms with Crippen molar-refractivity contribution in [1.82, 2.24) is 5.32 Å². The van der Waals surface area contributed by atoms with Crippen molar-refractivity contribution in [3.8, 4) is 0 Å². The van der Waals surface area contributed by atoms with E-state index in [2.05, 4.69) is 5.32 Å². The summed E-state index contributed by atoms with van der Waals surface area (Å²) in [5.74, 6) is 0.903. The molecule has 0 bridgehead atoms. The molecule has 2 N–H and O–H groups in total. The summed E-state index contributed by atoms with van der Waals surface area (Å²) in [5, 5.41) is 12.5. The van der Waals surface area contributed by atoms with Gasteiger partial charge in [0.05, 0.1) is 6.10 Å². The Bertz CT molecular complexity index is 119. The van der Waals surface area contributed by atoms with E-state index in [0.717, 1.165) is 25.3 Å². The number of aliphatic hydroxyl groups excluding tert-OH is 1. The maximum absolute atomic E-state index is 9.33. The molecule has 0 aromatic rings. The molecule has 1 saturated carbocycles. The molecule has 2 heteroatoms. The van der Waals surface area contributed by atoms with Crippen molar-refractivity contribution in [3.05, 3.63) is 0 Å². The van der Waals surface area contributed by atoms with Gasteiger partial charge in [0, 0.05) is 0 Å². The van der Waals surface area contributed by atoms with Crippen molar-refractivity contribution in [2.24, 2.45) is 5.92 Å². The van der Waals surface area contributed by atoms with Gasteiger partial charge in [0.1, 0.15) is 0 Å². The van der Waals surface area contributed by atoms with Crippen LogP contribution in [0.2, 0.25) is 0 Å². The van der Waals surface area contributed by atoms with E-state index in [0.29, 0.717) is 0 Å². The number of nitrogens with one attached hydrogen (secondary N) is 1. The SMILES string of the molecule is CNCCCCC1CCC(O)CC1. The molecule has 0 heterocycles. The summed E-state index contributed by atoms with van der Waals surface area (Å²) in [7, 11) is 2.01. The van der Waals surface area contributed by atoms with Gasteiger partial charge in [-0.2, -0.15) is 0 Å². The van der Waals surface area contributed by atoms with E-state index in [4.69, 9.17) is 0 Å². The predicted octanol–water partition coefficient (Wildman–Crippen LogP) is 1.93. The van der Waals surface area contributed by atoms with E-state index in [-0.39, 0.29) is 6.10 Å².